The molecule has 0 saturated carbocycles. The molecule has 2 unspecified atom stereocenters. The molecule has 1 fully saturated rings. The number of halogens is 1. The minimum Gasteiger partial charge on any atom is -0.381 e. The summed E-state index contributed by atoms with van der Waals surface area (Å²) in [7, 11) is -0.0899. The van der Waals surface area contributed by atoms with Crippen molar-refractivity contribution < 1.29 is 13.2 Å². The Balaban J connectivity index is 2.20. The predicted molar refractivity (Wildman–Crippen MR) is 80.5 cm³/mol. The van der Waals surface area contributed by atoms with Gasteiger partial charge in [0.25, 0.3) is 0 Å². The lowest BCUT2D eigenvalue weighted by molar-refractivity contribution is 0.0563. The molecule has 0 aliphatic carbocycles. The lowest BCUT2D eigenvalue weighted by atomic mass is 9.94. The molecule has 1 aromatic carbocycles. The number of hydrogen-bond donors (Lipinski definition) is 0. The Morgan fingerprint density at radius 2 is 2.15 bits per heavy atom. The SMILES string of the molecule is CN(C)S(=O)(=O)C1CCOCC1Cc1cccc(Cl)c1. The van der Waals surface area contributed by atoms with Crippen molar-refractivity contribution in [3.05, 3.63) is 34.9 Å². The monoisotopic (exact) mass is 317 g/mol. The van der Waals surface area contributed by atoms with Gasteiger partial charge in [-0.25, -0.2) is 12.7 Å². The van der Waals surface area contributed by atoms with Crippen LogP contribution in [0.4, 0.5) is 0 Å². The number of hydrogen-bond acceptors (Lipinski definition) is 3. The van der Waals surface area contributed by atoms with Crippen LogP contribution in [0.5, 0.6) is 0 Å². The van der Waals surface area contributed by atoms with E-state index in [1.807, 2.05) is 24.3 Å². The summed E-state index contributed by atoms with van der Waals surface area (Å²) in [4.78, 5) is 0. The minimum atomic E-state index is -3.26. The van der Waals surface area contributed by atoms with Gasteiger partial charge in [0.15, 0.2) is 0 Å². The fourth-order valence-corrected chi connectivity index (χ4v) is 4.41. The number of benzene rings is 1. The van der Waals surface area contributed by atoms with E-state index in [9.17, 15) is 8.42 Å². The van der Waals surface area contributed by atoms with Crippen LogP contribution in [0.1, 0.15) is 12.0 Å². The van der Waals surface area contributed by atoms with Crippen LogP contribution in [0.15, 0.2) is 24.3 Å². The Kier molecular flexibility index (Phi) is 5.07. The highest BCUT2D eigenvalue weighted by atomic mass is 35.5. The lowest BCUT2D eigenvalue weighted by Gasteiger charge is -2.33. The molecule has 0 radical (unpaired) electrons. The molecule has 0 spiro atoms. The van der Waals surface area contributed by atoms with Gasteiger partial charge in [-0.05, 0) is 30.5 Å². The first-order valence-electron chi connectivity index (χ1n) is 6.65. The minimum absolute atomic E-state index is 0.0328. The van der Waals surface area contributed by atoms with Gasteiger partial charge >= 0.3 is 0 Å². The fraction of sp³-hybridized carbons (Fsp3) is 0.571. The van der Waals surface area contributed by atoms with Crippen molar-refractivity contribution in [1.29, 1.82) is 0 Å². The molecule has 1 aromatic rings. The van der Waals surface area contributed by atoms with Crippen LogP contribution in [0.2, 0.25) is 5.02 Å². The maximum Gasteiger partial charge on any atom is 0.216 e. The van der Waals surface area contributed by atoms with Gasteiger partial charge in [0.2, 0.25) is 10.0 Å². The molecule has 4 nitrogen and oxygen atoms in total. The molecule has 112 valence electrons. The van der Waals surface area contributed by atoms with E-state index in [1.165, 1.54) is 4.31 Å². The Hall–Kier alpha value is -0.620. The average molecular weight is 318 g/mol. The average Bonchev–Trinajstić information content (AvgIpc) is 2.39. The molecule has 2 rings (SSSR count). The number of rotatable bonds is 4. The third kappa shape index (κ3) is 3.52. The maximum absolute atomic E-state index is 12.4. The molecule has 6 heteroatoms. The van der Waals surface area contributed by atoms with Crippen LogP contribution in [-0.2, 0) is 21.2 Å². The first-order chi connectivity index (χ1) is 9.41. The molecule has 1 saturated heterocycles. The zero-order valence-electron chi connectivity index (χ0n) is 11.8. The van der Waals surface area contributed by atoms with Gasteiger partial charge in [0, 0.05) is 31.6 Å². The second-order valence-electron chi connectivity index (χ2n) is 5.32. The van der Waals surface area contributed by atoms with Crippen LogP contribution in [0.3, 0.4) is 0 Å². The van der Waals surface area contributed by atoms with Gasteiger partial charge in [-0.3, -0.25) is 0 Å². The fourth-order valence-electron chi connectivity index (χ4n) is 2.60. The van der Waals surface area contributed by atoms with E-state index in [0.29, 0.717) is 31.1 Å². The predicted octanol–water partition coefficient (Wildman–Crippen LogP) is 2.18. The van der Waals surface area contributed by atoms with Crippen molar-refractivity contribution in [2.45, 2.75) is 18.1 Å². The molecular weight excluding hydrogens is 298 g/mol. The summed E-state index contributed by atoms with van der Waals surface area (Å²) in [5, 5.41) is 0.288. The van der Waals surface area contributed by atoms with Crippen LogP contribution >= 0.6 is 11.6 Å². The Morgan fingerprint density at radius 1 is 1.40 bits per heavy atom. The van der Waals surface area contributed by atoms with Crippen molar-refractivity contribution in [1.82, 2.24) is 4.31 Å². The number of nitrogens with zero attached hydrogens (tertiary/aromatic N) is 1. The van der Waals surface area contributed by atoms with Crippen molar-refractivity contribution in [3.8, 4) is 0 Å². The zero-order chi connectivity index (χ0) is 14.8. The highest BCUT2D eigenvalue weighted by molar-refractivity contribution is 7.89. The summed E-state index contributed by atoms with van der Waals surface area (Å²) in [5.74, 6) is -0.0328. The van der Waals surface area contributed by atoms with E-state index >= 15 is 0 Å². The second kappa shape index (κ2) is 6.43. The van der Waals surface area contributed by atoms with E-state index in [2.05, 4.69) is 0 Å². The van der Waals surface area contributed by atoms with E-state index in [1.54, 1.807) is 14.1 Å². The molecular formula is C14H20ClNO3S. The first kappa shape index (κ1) is 15.8. The standard InChI is InChI=1S/C14H20ClNO3S/c1-16(2)20(17,18)14-6-7-19-10-12(14)8-11-4-3-5-13(15)9-11/h3-5,9,12,14H,6-8,10H2,1-2H3. The van der Waals surface area contributed by atoms with Crippen LogP contribution in [-0.4, -0.2) is 45.3 Å². The molecule has 0 bridgehead atoms. The smallest absolute Gasteiger partial charge is 0.216 e. The first-order valence-corrected chi connectivity index (χ1v) is 8.53. The molecule has 2 atom stereocenters. The quantitative estimate of drug-likeness (QED) is 0.855. The van der Waals surface area contributed by atoms with Crippen molar-refractivity contribution in [2.24, 2.45) is 5.92 Å². The molecule has 20 heavy (non-hydrogen) atoms. The normalized spacial score (nSPS) is 24.0. The Labute approximate surface area is 125 Å². The van der Waals surface area contributed by atoms with Crippen LogP contribution in [0.25, 0.3) is 0 Å². The second-order valence-corrected chi connectivity index (χ2v) is 8.13. The summed E-state index contributed by atoms with van der Waals surface area (Å²) in [6.45, 7) is 0.980. The summed E-state index contributed by atoms with van der Waals surface area (Å²) in [6.07, 6.45) is 1.21. The molecule has 1 heterocycles. The van der Waals surface area contributed by atoms with E-state index in [4.69, 9.17) is 16.3 Å². The lowest BCUT2D eigenvalue weighted by Crippen LogP contribution is -2.44. The van der Waals surface area contributed by atoms with Crippen LogP contribution in [0, 0.1) is 5.92 Å². The Bertz CT molecular complexity index is 559. The summed E-state index contributed by atoms with van der Waals surface area (Å²) < 4.78 is 31.6. The van der Waals surface area contributed by atoms with E-state index in [-0.39, 0.29) is 11.2 Å². The molecule has 0 N–H and O–H groups in total. The topological polar surface area (TPSA) is 46.6 Å². The maximum atomic E-state index is 12.4. The van der Waals surface area contributed by atoms with Gasteiger partial charge in [-0.2, -0.15) is 0 Å². The van der Waals surface area contributed by atoms with Gasteiger partial charge < -0.3 is 4.74 Å². The third-order valence-electron chi connectivity index (χ3n) is 3.68. The van der Waals surface area contributed by atoms with Gasteiger partial charge in [0.05, 0.1) is 11.9 Å². The molecule has 1 aliphatic heterocycles. The van der Waals surface area contributed by atoms with E-state index in [0.717, 1.165) is 5.56 Å². The van der Waals surface area contributed by atoms with Crippen molar-refractivity contribution >= 4 is 21.6 Å². The third-order valence-corrected chi connectivity index (χ3v) is 6.32. The molecule has 1 aliphatic rings. The summed E-state index contributed by atoms with van der Waals surface area (Å²) >= 11 is 5.98. The summed E-state index contributed by atoms with van der Waals surface area (Å²) in [6, 6.07) is 7.56. The number of sulfonamides is 1. The van der Waals surface area contributed by atoms with Gasteiger partial charge in [-0.1, -0.05) is 23.7 Å². The molecule has 0 aromatic heterocycles. The largest absolute Gasteiger partial charge is 0.381 e. The van der Waals surface area contributed by atoms with Crippen molar-refractivity contribution in [2.75, 3.05) is 27.3 Å². The highest BCUT2D eigenvalue weighted by Gasteiger charge is 2.37. The number of ether oxygens (including phenoxy) is 1. The summed E-state index contributed by atoms with van der Waals surface area (Å²) in [5.41, 5.74) is 1.05. The zero-order valence-corrected chi connectivity index (χ0v) is 13.3. The van der Waals surface area contributed by atoms with Crippen molar-refractivity contribution in [3.63, 3.8) is 0 Å². The van der Waals surface area contributed by atoms with Crippen LogP contribution < -0.4 is 0 Å². The Morgan fingerprint density at radius 3 is 2.80 bits per heavy atom. The molecule has 0 amide bonds. The van der Waals surface area contributed by atoms with Gasteiger partial charge in [-0.15, -0.1) is 0 Å². The highest BCUT2D eigenvalue weighted by Crippen LogP contribution is 2.27. The van der Waals surface area contributed by atoms with Gasteiger partial charge in [0.1, 0.15) is 0 Å². The van der Waals surface area contributed by atoms with E-state index < -0.39 is 10.0 Å².